The summed E-state index contributed by atoms with van der Waals surface area (Å²) >= 11 is 0. The van der Waals surface area contributed by atoms with Crippen molar-refractivity contribution in [3.8, 4) is 11.5 Å². The lowest BCUT2D eigenvalue weighted by molar-refractivity contribution is -0.145. The molecule has 0 spiro atoms. The van der Waals surface area contributed by atoms with Crippen molar-refractivity contribution in [3.63, 3.8) is 0 Å². The Morgan fingerprint density at radius 3 is 2.25 bits per heavy atom. The van der Waals surface area contributed by atoms with E-state index in [2.05, 4.69) is 4.98 Å². The summed E-state index contributed by atoms with van der Waals surface area (Å²) in [4.78, 5) is 39.6. The van der Waals surface area contributed by atoms with Gasteiger partial charge in [0.1, 0.15) is 0 Å². The SMILES string of the molecule is COc1ccc(CC(=O)O[C@H](C)C(=O)c2[nH]c(C)c(C(C)=O)c2C)cc1OC. The summed E-state index contributed by atoms with van der Waals surface area (Å²) < 4.78 is 15.7. The zero-order valence-corrected chi connectivity index (χ0v) is 17.0. The fourth-order valence-corrected chi connectivity index (χ4v) is 3.18. The molecule has 0 aliphatic carbocycles. The molecule has 0 fully saturated rings. The molecule has 0 aliphatic heterocycles. The summed E-state index contributed by atoms with van der Waals surface area (Å²) in [6, 6.07) is 5.11. The predicted molar refractivity (Wildman–Crippen MR) is 103 cm³/mol. The molecule has 7 nitrogen and oxygen atoms in total. The Labute approximate surface area is 164 Å². The highest BCUT2D eigenvalue weighted by molar-refractivity contribution is 6.05. The van der Waals surface area contributed by atoms with E-state index in [9.17, 15) is 14.4 Å². The average molecular weight is 387 g/mol. The molecule has 0 saturated carbocycles. The third kappa shape index (κ3) is 4.42. The Bertz CT molecular complexity index is 912. The lowest BCUT2D eigenvalue weighted by atomic mass is 10.0. The number of ether oxygens (including phenoxy) is 3. The Hall–Kier alpha value is -3.09. The molecule has 0 saturated heterocycles. The molecule has 2 aromatic rings. The molecule has 0 amide bonds. The third-order valence-electron chi connectivity index (χ3n) is 4.51. The molecule has 1 heterocycles. The van der Waals surface area contributed by atoms with Gasteiger partial charge in [-0.2, -0.15) is 0 Å². The van der Waals surface area contributed by atoms with Gasteiger partial charge >= 0.3 is 5.97 Å². The first-order valence-electron chi connectivity index (χ1n) is 8.84. The topological polar surface area (TPSA) is 94.7 Å². The Morgan fingerprint density at radius 1 is 1.07 bits per heavy atom. The number of Topliss-reactive ketones (excluding diaryl/α,β-unsaturated/α-hetero) is 2. The molecule has 1 atom stereocenters. The lowest BCUT2D eigenvalue weighted by Crippen LogP contribution is -2.26. The molecule has 7 heteroatoms. The minimum atomic E-state index is -0.982. The van der Waals surface area contributed by atoms with Crippen LogP contribution in [-0.4, -0.2) is 42.8 Å². The maximum Gasteiger partial charge on any atom is 0.310 e. The van der Waals surface area contributed by atoms with Gasteiger partial charge in [0.25, 0.3) is 0 Å². The Kier molecular flexibility index (Phi) is 6.62. The van der Waals surface area contributed by atoms with E-state index >= 15 is 0 Å². The van der Waals surface area contributed by atoms with Gasteiger partial charge in [-0.3, -0.25) is 14.4 Å². The van der Waals surface area contributed by atoms with Crippen molar-refractivity contribution >= 4 is 17.5 Å². The van der Waals surface area contributed by atoms with E-state index < -0.39 is 12.1 Å². The van der Waals surface area contributed by atoms with Crippen LogP contribution < -0.4 is 9.47 Å². The van der Waals surface area contributed by atoms with Gasteiger partial charge in [-0.1, -0.05) is 6.07 Å². The molecule has 0 aliphatic rings. The van der Waals surface area contributed by atoms with Crippen molar-refractivity contribution in [3.05, 3.63) is 46.3 Å². The van der Waals surface area contributed by atoms with E-state index in [4.69, 9.17) is 14.2 Å². The van der Waals surface area contributed by atoms with E-state index in [1.165, 1.54) is 28.1 Å². The number of aromatic nitrogens is 1. The second-order valence-electron chi connectivity index (χ2n) is 6.54. The molecule has 1 aromatic carbocycles. The van der Waals surface area contributed by atoms with Crippen LogP contribution in [0.15, 0.2) is 18.2 Å². The number of methoxy groups -OCH3 is 2. The van der Waals surface area contributed by atoms with Crippen LogP contribution in [0.2, 0.25) is 0 Å². The number of nitrogens with one attached hydrogen (secondary N) is 1. The molecule has 1 aromatic heterocycles. The van der Waals surface area contributed by atoms with Crippen LogP contribution in [0.1, 0.15) is 51.5 Å². The van der Waals surface area contributed by atoms with Crippen molar-refractivity contribution in [1.82, 2.24) is 4.98 Å². The highest BCUT2D eigenvalue weighted by atomic mass is 16.5. The van der Waals surface area contributed by atoms with E-state index in [1.807, 2.05) is 0 Å². The number of carbonyl (C=O) groups is 3. The number of ketones is 2. The standard InChI is InChI=1S/C21H25NO6/c1-11-19(13(3)23)12(2)22-20(11)21(25)14(4)28-18(24)10-15-7-8-16(26-5)17(9-15)27-6/h7-9,14,22H,10H2,1-6H3/t14-/m1/s1. The van der Waals surface area contributed by atoms with Gasteiger partial charge in [0, 0.05) is 11.3 Å². The fourth-order valence-electron chi connectivity index (χ4n) is 3.18. The van der Waals surface area contributed by atoms with Crippen molar-refractivity contribution in [2.75, 3.05) is 14.2 Å². The Morgan fingerprint density at radius 2 is 1.71 bits per heavy atom. The monoisotopic (exact) mass is 387 g/mol. The van der Waals surface area contributed by atoms with Crippen LogP contribution in [-0.2, 0) is 16.0 Å². The van der Waals surface area contributed by atoms with Gasteiger partial charge in [0.2, 0.25) is 5.78 Å². The lowest BCUT2D eigenvalue weighted by Gasteiger charge is -2.13. The van der Waals surface area contributed by atoms with E-state index in [-0.39, 0.29) is 23.7 Å². The number of hydrogen-bond donors (Lipinski definition) is 1. The van der Waals surface area contributed by atoms with Gasteiger partial charge < -0.3 is 19.2 Å². The highest BCUT2D eigenvalue weighted by Gasteiger charge is 2.26. The molecule has 0 unspecified atom stereocenters. The van der Waals surface area contributed by atoms with Crippen LogP contribution in [0.3, 0.4) is 0 Å². The zero-order valence-electron chi connectivity index (χ0n) is 17.0. The number of carbonyl (C=O) groups excluding carboxylic acids is 3. The summed E-state index contributed by atoms with van der Waals surface area (Å²) in [6.07, 6.45) is -0.997. The van der Waals surface area contributed by atoms with Gasteiger partial charge in [-0.05, 0) is 51.0 Å². The molecule has 2 rings (SSSR count). The molecule has 0 bridgehead atoms. The molecule has 1 N–H and O–H groups in total. The molecular weight excluding hydrogens is 362 g/mol. The van der Waals surface area contributed by atoms with Crippen LogP contribution >= 0.6 is 0 Å². The quantitative estimate of drug-likeness (QED) is 0.552. The van der Waals surface area contributed by atoms with Gasteiger partial charge in [0.15, 0.2) is 23.4 Å². The van der Waals surface area contributed by atoms with Crippen molar-refractivity contribution in [2.45, 2.75) is 40.2 Å². The number of H-pyrrole nitrogens is 1. The van der Waals surface area contributed by atoms with Gasteiger partial charge in [0.05, 0.1) is 26.3 Å². The van der Waals surface area contributed by atoms with E-state index in [0.29, 0.717) is 33.9 Å². The minimum absolute atomic E-state index is 0.0145. The average Bonchev–Trinajstić information content (AvgIpc) is 2.94. The normalized spacial score (nSPS) is 11.6. The second kappa shape index (κ2) is 8.73. The van der Waals surface area contributed by atoms with Crippen molar-refractivity contribution in [1.29, 1.82) is 0 Å². The summed E-state index contributed by atoms with van der Waals surface area (Å²) in [5, 5.41) is 0. The number of benzene rings is 1. The number of hydrogen-bond acceptors (Lipinski definition) is 6. The smallest absolute Gasteiger partial charge is 0.310 e. The zero-order chi connectivity index (χ0) is 21.0. The number of aryl methyl sites for hydroxylation is 1. The largest absolute Gasteiger partial charge is 0.493 e. The first kappa shape index (κ1) is 21.2. The number of aromatic amines is 1. The van der Waals surface area contributed by atoms with Crippen molar-refractivity contribution < 1.29 is 28.6 Å². The summed E-state index contributed by atoms with van der Waals surface area (Å²) in [5.74, 6) is 0.0196. The maximum absolute atomic E-state index is 12.7. The van der Waals surface area contributed by atoms with Crippen LogP contribution in [0.25, 0.3) is 0 Å². The van der Waals surface area contributed by atoms with Crippen LogP contribution in [0.5, 0.6) is 11.5 Å². The van der Waals surface area contributed by atoms with Crippen LogP contribution in [0, 0.1) is 13.8 Å². The molecule has 150 valence electrons. The van der Waals surface area contributed by atoms with E-state index in [1.54, 1.807) is 32.0 Å². The number of esters is 1. The van der Waals surface area contributed by atoms with Gasteiger partial charge in [-0.25, -0.2) is 0 Å². The Balaban J connectivity index is 2.09. The third-order valence-corrected chi connectivity index (χ3v) is 4.51. The highest BCUT2D eigenvalue weighted by Crippen LogP contribution is 2.28. The van der Waals surface area contributed by atoms with E-state index in [0.717, 1.165) is 0 Å². The number of rotatable bonds is 8. The maximum atomic E-state index is 12.7. The minimum Gasteiger partial charge on any atom is -0.493 e. The first-order valence-corrected chi connectivity index (χ1v) is 8.84. The van der Waals surface area contributed by atoms with Crippen LogP contribution in [0.4, 0.5) is 0 Å². The fraction of sp³-hybridized carbons (Fsp3) is 0.381. The predicted octanol–water partition coefficient (Wildman–Crippen LogP) is 3.21. The molecule has 28 heavy (non-hydrogen) atoms. The summed E-state index contributed by atoms with van der Waals surface area (Å²) in [6.45, 7) is 6.39. The first-order chi connectivity index (χ1) is 13.2. The molecule has 0 radical (unpaired) electrons. The summed E-state index contributed by atoms with van der Waals surface area (Å²) in [5.41, 5.74) is 2.64. The molecular formula is C21H25NO6. The van der Waals surface area contributed by atoms with Crippen molar-refractivity contribution in [2.24, 2.45) is 0 Å². The van der Waals surface area contributed by atoms with Gasteiger partial charge in [-0.15, -0.1) is 0 Å². The summed E-state index contributed by atoms with van der Waals surface area (Å²) in [7, 11) is 3.04. The second-order valence-corrected chi connectivity index (χ2v) is 6.54.